The Hall–Kier alpha value is -2.89. The van der Waals surface area contributed by atoms with Gasteiger partial charge in [-0.1, -0.05) is 48.5 Å². The van der Waals surface area contributed by atoms with Gasteiger partial charge in [-0.2, -0.15) is 0 Å². The normalized spacial score (nSPS) is 18.2. The van der Waals surface area contributed by atoms with Crippen molar-refractivity contribution in [3.05, 3.63) is 65.6 Å². The molecule has 0 spiro atoms. The Morgan fingerprint density at radius 2 is 1.87 bits per heavy atom. The number of carbonyl (C=O) groups excluding carboxylic acids is 2. The zero-order valence-electron chi connectivity index (χ0n) is 17.4. The van der Waals surface area contributed by atoms with Gasteiger partial charge in [-0.15, -0.1) is 0 Å². The highest BCUT2D eigenvalue weighted by Crippen LogP contribution is 2.36. The molecule has 1 aliphatic carbocycles. The zero-order chi connectivity index (χ0) is 21.0. The number of hydrogen-bond acceptors (Lipinski definition) is 4. The van der Waals surface area contributed by atoms with Gasteiger partial charge in [0.05, 0.1) is 0 Å². The molecule has 0 saturated carbocycles. The molecule has 0 atom stereocenters. The monoisotopic (exact) mass is 407 g/mol. The largest absolute Gasteiger partial charge is 0.360 e. The van der Waals surface area contributed by atoms with Crippen molar-refractivity contribution in [2.75, 3.05) is 19.6 Å². The number of piperidine rings is 1. The van der Waals surface area contributed by atoms with Gasteiger partial charge in [0, 0.05) is 37.0 Å². The summed E-state index contributed by atoms with van der Waals surface area (Å²) in [4.78, 5) is 26.9. The van der Waals surface area contributed by atoms with Crippen molar-refractivity contribution >= 4 is 11.8 Å². The van der Waals surface area contributed by atoms with Gasteiger partial charge in [0.2, 0.25) is 5.91 Å². The minimum absolute atomic E-state index is 0.0290. The van der Waals surface area contributed by atoms with Crippen molar-refractivity contribution in [2.24, 2.45) is 0 Å². The van der Waals surface area contributed by atoms with Crippen LogP contribution < -0.4 is 5.32 Å². The Kier molecular flexibility index (Phi) is 6.02. The Labute approximate surface area is 177 Å². The third kappa shape index (κ3) is 4.04. The van der Waals surface area contributed by atoms with E-state index in [0.29, 0.717) is 25.3 Å². The first-order valence-electron chi connectivity index (χ1n) is 10.9. The Morgan fingerprint density at radius 3 is 2.60 bits per heavy atom. The number of aryl methyl sites for hydroxylation is 1. The standard InChI is InChI=1S/C24H29N3O3/c1-2-21(28)25-17-24(18-9-5-3-6-10-18)13-15-27(16-14-24)23(29)22-19-11-7-4-8-12-20(19)30-26-22/h2-3,5-6,9-10H,1,4,7-8,11-17H2,(H,25,28). The lowest BCUT2D eigenvalue weighted by molar-refractivity contribution is -0.116. The van der Waals surface area contributed by atoms with E-state index in [1.165, 1.54) is 11.6 Å². The number of fused-ring (bicyclic) bond motifs is 1. The third-order valence-corrected chi connectivity index (χ3v) is 6.58. The van der Waals surface area contributed by atoms with Crippen LogP contribution in [0.5, 0.6) is 0 Å². The van der Waals surface area contributed by atoms with Crippen LogP contribution in [0, 0.1) is 0 Å². The van der Waals surface area contributed by atoms with Crippen molar-refractivity contribution in [2.45, 2.75) is 50.4 Å². The molecule has 1 saturated heterocycles. The highest BCUT2D eigenvalue weighted by atomic mass is 16.5. The molecular weight excluding hydrogens is 378 g/mol. The van der Waals surface area contributed by atoms with Crippen molar-refractivity contribution in [3.63, 3.8) is 0 Å². The molecule has 158 valence electrons. The molecule has 0 unspecified atom stereocenters. The van der Waals surface area contributed by atoms with Crippen LogP contribution in [0.15, 0.2) is 47.5 Å². The molecule has 1 N–H and O–H groups in total. The summed E-state index contributed by atoms with van der Waals surface area (Å²) in [6, 6.07) is 10.3. The molecule has 1 aromatic heterocycles. The third-order valence-electron chi connectivity index (χ3n) is 6.58. The lowest BCUT2D eigenvalue weighted by Crippen LogP contribution is -2.50. The van der Waals surface area contributed by atoms with Gasteiger partial charge in [-0.25, -0.2) is 0 Å². The summed E-state index contributed by atoms with van der Waals surface area (Å²) in [6.07, 6.45) is 7.93. The van der Waals surface area contributed by atoms with E-state index in [4.69, 9.17) is 4.52 Å². The van der Waals surface area contributed by atoms with E-state index in [-0.39, 0.29) is 17.2 Å². The Morgan fingerprint density at radius 1 is 1.13 bits per heavy atom. The van der Waals surface area contributed by atoms with E-state index in [1.54, 1.807) is 0 Å². The molecule has 1 aromatic carbocycles. The first kappa shape index (κ1) is 20.4. The number of aromatic nitrogens is 1. The lowest BCUT2D eigenvalue weighted by Gasteiger charge is -2.42. The maximum atomic E-state index is 13.2. The molecule has 30 heavy (non-hydrogen) atoms. The van der Waals surface area contributed by atoms with Crippen LogP contribution in [-0.2, 0) is 23.1 Å². The lowest BCUT2D eigenvalue weighted by atomic mass is 9.72. The molecule has 6 nitrogen and oxygen atoms in total. The molecule has 2 aliphatic rings. The fourth-order valence-corrected chi connectivity index (χ4v) is 4.70. The number of amides is 2. The number of likely N-dealkylation sites (tertiary alicyclic amines) is 1. The number of nitrogens with one attached hydrogen (secondary N) is 1. The van der Waals surface area contributed by atoms with Gasteiger partial charge in [0.1, 0.15) is 5.76 Å². The quantitative estimate of drug-likeness (QED) is 0.609. The molecule has 0 radical (unpaired) electrons. The highest BCUT2D eigenvalue weighted by molar-refractivity contribution is 5.94. The van der Waals surface area contributed by atoms with Crippen molar-refractivity contribution in [1.82, 2.24) is 15.4 Å². The smallest absolute Gasteiger partial charge is 0.276 e. The Balaban J connectivity index is 1.50. The van der Waals surface area contributed by atoms with Crippen molar-refractivity contribution in [3.8, 4) is 0 Å². The second-order valence-corrected chi connectivity index (χ2v) is 8.35. The van der Waals surface area contributed by atoms with Gasteiger partial charge in [-0.3, -0.25) is 9.59 Å². The molecule has 4 rings (SSSR count). The number of carbonyl (C=O) groups is 2. The number of nitrogens with zero attached hydrogens (tertiary/aromatic N) is 2. The average Bonchev–Trinajstić information content (AvgIpc) is 3.05. The average molecular weight is 408 g/mol. The predicted molar refractivity (Wildman–Crippen MR) is 114 cm³/mol. The number of benzene rings is 1. The van der Waals surface area contributed by atoms with Crippen LogP contribution in [0.1, 0.15) is 59.5 Å². The second kappa shape index (κ2) is 8.86. The first-order valence-corrected chi connectivity index (χ1v) is 10.9. The minimum atomic E-state index is -0.197. The SMILES string of the molecule is C=CC(=O)NCC1(c2ccccc2)CCN(C(=O)c2noc3c2CCCCC3)CC1. The molecule has 0 bridgehead atoms. The fourth-order valence-electron chi connectivity index (χ4n) is 4.70. The summed E-state index contributed by atoms with van der Waals surface area (Å²) >= 11 is 0. The summed E-state index contributed by atoms with van der Waals surface area (Å²) in [6.45, 7) is 5.32. The molecular formula is C24H29N3O3. The van der Waals surface area contributed by atoms with Crippen LogP contribution in [-0.4, -0.2) is 41.5 Å². The van der Waals surface area contributed by atoms with Gasteiger partial charge < -0.3 is 14.7 Å². The van der Waals surface area contributed by atoms with E-state index >= 15 is 0 Å². The van der Waals surface area contributed by atoms with E-state index in [1.807, 2.05) is 23.1 Å². The zero-order valence-corrected chi connectivity index (χ0v) is 17.4. The minimum Gasteiger partial charge on any atom is -0.360 e. The van der Waals surface area contributed by atoms with E-state index in [0.717, 1.165) is 56.3 Å². The maximum Gasteiger partial charge on any atom is 0.276 e. The van der Waals surface area contributed by atoms with E-state index in [9.17, 15) is 9.59 Å². The first-order chi connectivity index (χ1) is 14.6. The number of rotatable bonds is 5. The van der Waals surface area contributed by atoms with Crippen LogP contribution >= 0.6 is 0 Å². The van der Waals surface area contributed by atoms with Crippen molar-refractivity contribution in [1.29, 1.82) is 0 Å². The van der Waals surface area contributed by atoms with Gasteiger partial charge in [-0.05, 0) is 43.7 Å². The second-order valence-electron chi connectivity index (χ2n) is 8.35. The summed E-state index contributed by atoms with van der Waals surface area (Å²) in [5, 5.41) is 7.12. The van der Waals surface area contributed by atoms with E-state index in [2.05, 4.69) is 29.2 Å². The van der Waals surface area contributed by atoms with Crippen LogP contribution in [0.3, 0.4) is 0 Å². The summed E-state index contributed by atoms with van der Waals surface area (Å²) in [5.41, 5.74) is 2.50. The van der Waals surface area contributed by atoms with Crippen LogP contribution in [0.2, 0.25) is 0 Å². The van der Waals surface area contributed by atoms with Crippen LogP contribution in [0.4, 0.5) is 0 Å². The van der Waals surface area contributed by atoms with Gasteiger partial charge >= 0.3 is 0 Å². The number of hydrogen-bond donors (Lipinski definition) is 1. The summed E-state index contributed by atoms with van der Waals surface area (Å²) < 4.78 is 5.51. The van der Waals surface area contributed by atoms with E-state index < -0.39 is 0 Å². The topological polar surface area (TPSA) is 75.4 Å². The summed E-state index contributed by atoms with van der Waals surface area (Å²) in [5.74, 6) is 0.687. The summed E-state index contributed by atoms with van der Waals surface area (Å²) in [7, 11) is 0. The maximum absolute atomic E-state index is 13.2. The molecule has 2 amide bonds. The van der Waals surface area contributed by atoms with Crippen molar-refractivity contribution < 1.29 is 14.1 Å². The molecule has 2 aromatic rings. The highest BCUT2D eigenvalue weighted by Gasteiger charge is 2.39. The Bertz CT molecular complexity index is 911. The van der Waals surface area contributed by atoms with Gasteiger partial charge in [0.25, 0.3) is 5.91 Å². The molecule has 2 heterocycles. The van der Waals surface area contributed by atoms with Crippen LogP contribution in [0.25, 0.3) is 0 Å². The molecule has 6 heteroatoms. The molecule has 1 fully saturated rings. The predicted octanol–water partition coefficient (Wildman–Crippen LogP) is 3.42. The fraction of sp³-hybridized carbons (Fsp3) is 0.458. The molecule has 1 aliphatic heterocycles. The van der Waals surface area contributed by atoms with Gasteiger partial charge in [0.15, 0.2) is 5.69 Å².